The summed E-state index contributed by atoms with van der Waals surface area (Å²) in [5.41, 5.74) is 3.70. The van der Waals surface area contributed by atoms with Gasteiger partial charge < -0.3 is 5.32 Å². The molecule has 0 unspecified atom stereocenters. The van der Waals surface area contributed by atoms with E-state index in [0.717, 1.165) is 34.1 Å². The zero-order valence-corrected chi connectivity index (χ0v) is 19.4. The predicted octanol–water partition coefficient (Wildman–Crippen LogP) is 6.41. The topological polar surface area (TPSA) is 45.2 Å². The van der Waals surface area contributed by atoms with E-state index >= 15 is 0 Å². The summed E-state index contributed by atoms with van der Waals surface area (Å²) < 4.78 is 0. The molecule has 0 aliphatic heterocycles. The monoisotopic (exact) mass is 453 g/mol. The molecule has 4 rings (SSSR count). The Labute approximate surface area is 193 Å². The number of anilines is 1. The van der Waals surface area contributed by atoms with Crippen molar-refractivity contribution in [1.29, 1.82) is 0 Å². The first-order valence-electron chi connectivity index (χ1n) is 10.9. The van der Waals surface area contributed by atoms with Crippen LogP contribution in [0, 0.1) is 0 Å². The van der Waals surface area contributed by atoms with Crippen LogP contribution in [0.2, 0.25) is 5.02 Å². The first-order chi connectivity index (χ1) is 15.1. The number of thiazole rings is 1. The third-order valence-electron chi connectivity index (χ3n) is 5.91. The van der Waals surface area contributed by atoms with Gasteiger partial charge in [0.1, 0.15) is 5.01 Å². The van der Waals surface area contributed by atoms with Gasteiger partial charge >= 0.3 is 0 Å². The fraction of sp³-hybridized carbons (Fsp3) is 0.360. The highest BCUT2D eigenvalue weighted by Crippen LogP contribution is 2.30. The molecule has 1 aromatic heterocycles. The fourth-order valence-corrected chi connectivity index (χ4v) is 5.35. The van der Waals surface area contributed by atoms with Gasteiger partial charge in [-0.15, -0.1) is 11.3 Å². The number of amides is 1. The summed E-state index contributed by atoms with van der Waals surface area (Å²) in [6.07, 6.45) is 6.76. The normalized spacial score (nSPS) is 14.7. The van der Waals surface area contributed by atoms with E-state index in [4.69, 9.17) is 11.6 Å². The van der Waals surface area contributed by atoms with Crippen LogP contribution < -0.4 is 5.32 Å². The highest BCUT2D eigenvalue weighted by molar-refractivity contribution is 7.13. The van der Waals surface area contributed by atoms with Gasteiger partial charge in [-0.05, 0) is 37.6 Å². The van der Waals surface area contributed by atoms with Crippen molar-refractivity contribution < 1.29 is 4.79 Å². The van der Waals surface area contributed by atoms with E-state index in [2.05, 4.69) is 28.3 Å². The van der Waals surface area contributed by atoms with Crippen molar-refractivity contribution >= 4 is 34.5 Å². The highest BCUT2D eigenvalue weighted by atomic mass is 35.5. The maximum absolute atomic E-state index is 12.7. The number of halogens is 1. The quantitative estimate of drug-likeness (QED) is 0.449. The average molecular weight is 454 g/mol. The molecular weight excluding hydrogens is 426 g/mol. The van der Waals surface area contributed by atoms with Crippen molar-refractivity contribution in [1.82, 2.24) is 9.88 Å². The molecule has 1 fully saturated rings. The molecule has 1 amide bonds. The van der Waals surface area contributed by atoms with Gasteiger partial charge in [-0.25, -0.2) is 4.98 Å². The molecule has 0 radical (unpaired) electrons. The summed E-state index contributed by atoms with van der Waals surface area (Å²) in [7, 11) is 2.19. The van der Waals surface area contributed by atoms with Gasteiger partial charge in [0.15, 0.2) is 0 Å². The SMILES string of the molecule is CN(Cc1ccccc1NC(=O)Cc1csc(-c2ccccc2Cl)n1)C1CCCCC1. The fourth-order valence-electron chi connectivity index (χ4n) is 4.21. The van der Waals surface area contributed by atoms with Gasteiger partial charge in [0, 0.05) is 29.2 Å². The first-order valence-corrected chi connectivity index (χ1v) is 12.1. The van der Waals surface area contributed by atoms with Crippen LogP contribution >= 0.6 is 22.9 Å². The van der Waals surface area contributed by atoms with Gasteiger partial charge in [-0.1, -0.05) is 67.3 Å². The molecule has 1 N–H and O–H groups in total. The van der Waals surface area contributed by atoms with Crippen molar-refractivity contribution in [2.75, 3.05) is 12.4 Å². The molecule has 2 aromatic carbocycles. The number of carbonyl (C=O) groups is 1. The van der Waals surface area contributed by atoms with E-state index in [-0.39, 0.29) is 12.3 Å². The van der Waals surface area contributed by atoms with Crippen LogP contribution in [-0.4, -0.2) is 28.9 Å². The smallest absolute Gasteiger partial charge is 0.230 e. The summed E-state index contributed by atoms with van der Waals surface area (Å²) >= 11 is 7.79. The van der Waals surface area contributed by atoms with Gasteiger partial charge in [0.2, 0.25) is 5.91 Å². The molecule has 1 heterocycles. The Kier molecular flexibility index (Phi) is 7.38. The minimum Gasteiger partial charge on any atom is -0.325 e. The summed E-state index contributed by atoms with van der Waals surface area (Å²) in [5.74, 6) is -0.0521. The average Bonchev–Trinajstić information content (AvgIpc) is 3.24. The van der Waals surface area contributed by atoms with Gasteiger partial charge in [0.05, 0.1) is 17.1 Å². The maximum Gasteiger partial charge on any atom is 0.230 e. The number of nitrogens with zero attached hydrogens (tertiary/aromatic N) is 2. The third kappa shape index (κ3) is 5.73. The molecule has 162 valence electrons. The van der Waals surface area contributed by atoms with Crippen LogP contribution in [0.4, 0.5) is 5.69 Å². The molecular formula is C25H28ClN3OS. The van der Waals surface area contributed by atoms with Crippen LogP contribution in [-0.2, 0) is 17.8 Å². The molecule has 0 atom stereocenters. The lowest BCUT2D eigenvalue weighted by molar-refractivity contribution is -0.115. The molecule has 3 aromatic rings. The van der Waals surface area contributed by atoms with E-state index < -0.39 is 0 Å². The van der Waals surface area contributed by atoms with Crippen molar-refractivity contribution in [3.63, 3.8) is 0 Å². The van der Waals surface area contributed by atoms with E-state index in [1.165, 1.54) is 43.4 Å². The summed E-state index contributed by atoms with van der Waals surface area (Å²) in [6.45, 7) is 0.842. The van der Waals surface area contributed by atoms with Gasteiger partial charge in [0.25, 0.3) is 0 Å². The van der Waals surface area contributed by atoms with Crippen molar-refractivity contribution in [3.8, 4) is 10.6 Å². The molecule has 1 aliphatic carbocycles. The summed E-state index contributed by atoms with van der Waals surface area (Å²) in [5, 5.41) is 6.54. The Balaban J connectivity index is 1.40. The minimum atomic E-state index is -0.0521. The van der Waals surface area contributed by atoms with E-state index in [1.54, 1.807) is 0 Å². The Morgan fingerprint density at radius 1 is 1.13 bits per heavy atom. The van der Waals surface area contributed by atoms with Crippen LogP contribution in [0.25, 0.3) is 10.6 Å². The maximum atomic E-state index is 12.7. The number of hydrogen-bond acceptors (Lipinski definition) is 4. The third-order valence-corrected chi connectivity index (χ3v) is 7.16. The Hall–Kier alpha value is -2.21. The number of carbonyl (C=O) groups excluding carboxylic acids is 1. The molecule has 0 saturated heterocycles. The highest BCUT2D eigenvalue weighted by Gasteiger charge is 2.19. The minimum absolute atomic E-state index is 0.0521. The number of nitrogens with one attached hydrogen (secondary N) is 1. The van der Waals surface area contributed by atoms with Crippen molar-refractivity contribution in [3.05, 3.63) is 70.2 Å². The molecule has 0 spiro atoms. The second kappa shape index (κ2) is 10.4. The molecule has 0 bridgehead atoms. The number of para-hydroxylation sites is 1. The second-order valence-electron chi connectivity index (χ2n) is 8.21. The number of hydrogen-bond donors (Lipinski definition) is 1. The van der Waals surface area contributed by atoms with Crippen LogP contribution in [0.3, 0.4) is 0 Å². The zero-order chi connectivity index (χ0) is 21.6. The lowest BCUT2D eigenvalue weighted by atomic mass is 9.94. The van der Waals surface area contributed by atoms with E-state index in [0.29, 0.717) is 11.1 Å². The number of benzene rings is 2. The largest absolute Gasteiger partial charge is 0.325 e. The Bertz CT molecular complexity index is 1030. The van der Waals surface area contributed by atoms with Crippen molar-refractivity contribution in [2.45, 2.75) is 51.1 Å². The van der Waals surface area contributed by atoms with Gasteiger partial charge in [-0.3, -0.25) is 9.69 Å². The summed E-state index contributed by atoms with van der Waals surface area (Å²) in [4.78, 5) is 19.8. The van der Waals surface area contributed by atoms with E-state index in [9.17, 15) is 4.79 Å². The lowest BCUT2D eigenvalue weighted by Crippen LogP contribution is -2.33. The van der Waals surface area contributed by atoms with E-state index in [1.807, 2.05) is 47.8 Å². The van der Waals surface area contributed by atoms with Crippen LogP contribution in [0.5, 0.6) is 0 Å². The molecule has 6 heteroatoms. The zero-order valence-electron chi connectivity index (χ0n) is 17.8. The van der Waals surface area contributed by atoms with Crippen LogP contribution in [0.15, 0.2) is 53.9 Å². The summed E-state index contributed by atoms with van der Waals surface area (Å²) in [6, 6.07) is 16.4. The molecule has 4 nitrogen and oxygen atoms in total. The standard InChI is InChI=1S/C25H28ClN3OS/c1-29(20-10-3-2-4-11-20)16-18-9-5-8-14-23(18)28-24(30)15-19-17-31-25(27-19)21-12-6-7-13-22(21)26/h5-9,12-14,17,20H,2-4,10-11,15-16H2,1H3,(H,28,30). The molecule has 31 heavy (non-hydrogen) atoms. The van der Waals surface area contributed by atoms with Crippen LogP contribution in [0.1, 0.15) is 43.4 Å². The number of aromatic nitrogens is 1. The number of rotatable bonds is 7. The lowest BCUT2D eigenvalue weighted by Gasteiger charge is -2.31. The predicted molar refractivity (Wildman–Crippen MR) is 130 cm³/mol. The first kappa shape index (κ1) is 22.0. The molecule has 1 aliphatic rings. The molecule has 1 saturated carbocycles. The Morgan fingerprint density at radius 3 is 2.68 bits per heavy atom. The van der Waals surface area contributed by atoms with Gasteiger partial charge in [-0.2, -0.15) is 0 Å². The Morgan fingerprint density at radius 2 is 1.87 bits per heavy atom. The van der Waals surface area contributed by atoms with Crippen molar-refractivity contribution in [2.24, 2.45) is 0 Å². The second-order valence-corrected chi connectivity index (χ2v) is 9.48.